The molecule has 1 amide bonds. The van der Waals surface area contributed by atoms with E-state index in [1.54, 1.807) is 28.8 Å². The SMILES string of the molecule is O=C(NOCC1CC1)c1cc2c(ncn2CCCO)c(F)c1Nc1ccc(Br)cc1Cl. The van der Waals surface area contributed by atoms with Gasteiger partial charge in [-0.2, -0.15) is 0 Å². The number of benzene rings is 2. The number of carbonyl (C=O) groups is 1. The van der Waals surface area contributed by atoms with Crippen molar-refractivity contribution in [3.8, 4) is 0 Å². The van der Waals surface area contributed by atoms with Crippen molar-refractivity contribution in [2.45, 2.75) is 25.8 Å². The predicted octanol–water partition coefficient (Wildman–Crippen LogP) is 4.79. The number of hydroxylamine groups is 1. The highest BCUT2D eigenvalue weighted by atomic mass is 79.9. The Morgan fingerprint density at radius 2 is 2.19 bits per heavy atom. The van der Waals surface area contributed by atoms with Crippen molar-refractivity contribution in [3.05, 3.63) is 51.5 Å². The van der Waals surface area contributed by atoms with E-state index in [9.17, 15) is 4.79 Å². The largest absolute Gasteiger partial charge is 0.396 e. The van der Waals surface area contributed by atoms with Crippen LogP contribution in [0.2, 0.25) is 5.02 Å². The lowest BCUT2D eigenvalue weighted by atomic mass is 10.1. The van der Waals surface area contributed by atoms with Gasteiger partial charge in [0, 0.05) is 17.6 Å². The maximum atomic E-state index is 15.5. The average Bonchev–Trinajstić information content (AvgIpc) is 3.48. The van der Waals surface area contributed by atoms with E-state index in [-0.39, 0.29) is 23.4 Å². The number of carbonyl (C=O) groups excluding carboxylic acids is 1. The van der Waals surface area contributed by atoms with Crippen LogP contribution in [0.1, 0.15) is 29.6 Å². The molecule has 7 nitrogen and oxygen atoms in total. The van der Waals surface area contributed by atoms with Gasteiger partial charge in [-0.05, 0) is 49.4 Å². The molecule has 1 aromatic heterocycles. The van der Waals surface area contributed by atoms with Gasteiger partial charge in [0.25, 0.3) is 5.91 Å². The highest BCUT2D eigenvalue weighted by molar-refractivity contribution is 9.10. The molecule has 0 radical (unpaired) electrons. The van der Waals surface area contributed by atoms with E-state index in [2.05, 4.69) is 31.7 Å². The number of nitrogens with zero attached hydrogens (tertiary/aromatic N) is 2. The number of hydrogen-bond acceptors (Lipinski definition) is 5. The molecular weight excluding hydrogens is 491 g/mol. The van der Waals surface area contributed by atoms with E-state index in [0.29, 0.717) is 41.7 Å². The third-order valence-electron chi connectivity index (χ3n) is 5.03. The number of nitrogens with one attached hydrogen (secondary N) is 2. The second kappa shape index (κ2) is 9.52. The van der Waals surface area contributed by atoms with Gasteiger partial charge in [0.15, 0.2) is 5.82 Å². The molecule has 1 aliphatic rings. The summed E-state index contributed by atoms with van der Waals surface area (Å²) in [6, 6.07) is 6.67. The smallest absolute Gasteiger partial charge is 0.277 e. The Labute approximate surface area is 191 Å². The molecule has 0 spiro atoms. The summed E-state index contributed by atoms with van der Waals surface area (Å²) in [7, 11) is 0. The zero-order chi connectivity index (χ0) is 22.0. The van der Waals surface area contributed by atoms with Crippen LogP contribution >= 0.6 is 27.5 Å². The molecule has 164 valence electrons. The Morgan fingerprint density at radius 1 is 1.39 bits per heavy atom. The van der Waals surface area contributed by atoms with Gasteiger partial charge in [-0.25, -0.2) is 14.9 Å². The normalized spacial score (nSPS) is 13.5. The van der Waals surface area contributed by atoms with Crippen LogP contribution in [0.15, 0.2) is 35.1 Å². The molecule has 2 aromatic carbocycles. The summed E-state index contributed by atoms with van der Waals surface area (Å²) in [5.41, 5.74) is 3.43. The van der Waals surface area contributed by atoms with Crippen LogP contribution in [-0.4, -0.2) is 33.8 Å². The number of aryl methyl sites for hydroxylation is 1. The number of imidazole rings is 1. The first-order valence-electron chi connectivity index (χ1n) is 9.90. The van der Waals surface area contributed by atoms with Crippen LogP contribution in [0, 0.1) is 11.7 Å². The molecule has 0 saturated heterocycles. The number of halogens is 3. The molecule has 4 rings (SSSR count). The maximum Gasteiger partial charge on any atom is 0.277 e. The van der Waals surface area contributed by atoms with Gasteiger partial charge in [-0.15, -0.1) is 0 Å². The molecule has 3 aromatic rings. The van der Waals surface area contributed by atoms with Gasteiger partial charge in [0.1, 0.15) is 5.52 Å². The third kappa shape index (κ3) is 5.01. The zero-order valence-electron chi connectivity index (χ0n) is 16.5. The van der Waals surface area contributed by atoms with Crippen LogP contribution < -0.4 is 10.8 Å². The van der Waals surface area contributed by atoms with Crippen molar-refractivity contribution in [3.63, 3.8) is 0 Å². The van der Waals surface area contributed by atoms with Crippen LogP contribution in [0.4, 0.5) is 15.8 Å². The molecule has 31 heavy (non-hydrogen) atoms. The predicted molar refractivity (Wildman–Crippen MR) is 120 cm³/mol. The van der Waals surface area contributed by atoms with E-state index < -0.39 is 11.7 Å². The third-order valence-corrected chi connectivity index (χ3v) is 5.84. The van der Waals surface area contributed by atoms with Crippen LogP contribution in [0.5, 0.6) is 0 Å². The van der Waals surface area contributed by atoms with Gasteiger partial charge < -0.3 is 15.0 Å². The van der Waals surface area contributed by atoms with Crippen LogP contribution in [0.25, 0.3) is 11.0 Å². The number of amides is 1. The molecule has 3 N–H and O–H groups in total. The number of hydrogen-bond donors (Lipinski definition) is 3. The van der Waals surface area contributed by atoms with E-state index in [1.807, 2.05) is 0 Å². The average molecular weight is 512 g/mol. The van der Waals surface area contributed by atoms with Gasteiger partial charge >= 0.3 is 0 Å². The molecule has 1 saturated carbocycles. The fourth-order valence-electron chi connectivity index (χ4n) is 3.17. The molecule has 0 bridgehead atoms. The number of rotatable bonds is 9. The first-order valence-corrected chi connectivity index (χ1v) is 11.1. The number of aliphatic hydroxyl groups excluding tert-OH is 1. The molecule has 0 unspecified atom stereocenters. The Hall–Kier alpha value is -2.20. The Balaban J connectivity index is 1.73. The van der Waals surface area contributed by atoms with Gasteiger partial charge in [-0.1, -0.05) is 27.5 Å². The summed E-state index contributed by atoms with van der Waals surface area (Å²) < 4.78 is 18.0. The number of aliphatic hydroxyl groups is 1. The fraction of sp³-hybridized carbons (Fsp3) is 0.333. The fourth-order valence-corrected chi connectivity index (χ4v) is 3.89. The monoisotopic (exact) mass is 510 g/mol. The second-order valence-electron chi connectivity index (χ2n) is 7.43. The first kappa shape index (κ1) is 22.0. The summed E-state index contributed by atoms with van der Waals surface area (Å²) >= 11 is 9.62. The summed E-state index contributed by atoms with van der Waals surface area (Å²) in [6.07, 6.45) is 4.13. The van der Waals surface area contributed by atoms with Crippen LogP contribution in [0.3, 0.4) is 0 Å². The number of anilines is 2. The summed E-state index contributed by atoms with van der Waals surface area (Å²) in [4.78, 5) is 22.4. The number of fused-ring (bicyclic) bond motifs is 1. The lowest BCUT2D eigenvalue weighted by molar-refractivity contribution is 0.0271. The highest BCUT2D eigenvalue weighted by Crippen LogP contribution is 2.34. The lowest BCUT2D eigenvalue weighted by Gasteiger charge is -2.15. The summed E-state index contributed by atoms with van der Waals surface area (Å²) in [5, 5.41) is 12.4. The Kier molecular flexibility index (Phi) is 6.76. The quantitative estimate of drug-likeness (QED) is 0.360. The first-order chi connectivity index (χ1) is 15.0. The molecule has 0 atom stereocenters. The molecule has 1 aliphatic carbocycles. The minimum absolute atomic E-state index is 0.00773. The van der Waals surface area contributed by atoms with E-state index in [1.165, 1.54) is 6.33 Å². The van der Waals surface area contributed by atoms with Crippen molar-refractivity contribution >= 4 is 55.8 Å². The standard InChI is InChI=1S/C21H21BrClFN4O3/c22-13-4-5-16(15(23)8-13)26-19-14(21(30)27-31-10-12-2-3-12)9-17-20(18(19)24)25-11-28(17)6-1-7-29/h4-5,8-9,11-12,26,29H,1-3,6-7,10H2,(H,27,30). The molecule has 1 fully saturated rings. The van der Waals surface area contributed by atoms with Gasteiger partial charge in [-0.3, -0.25) is 9.63 Å². The van der Waals surface area contributed by atoms with E-state index >= 15 is 4.39 Å². The maximum absolute atomic E-state index is 15.5. The minimum Gasteiger partial charge on any atom is -0.396 e. The van der Waals surface area contributed by atoms with E-state index in [4.69, 9.17) is 21.5 Å². The Morgan fingerprint density at radius 3 is 2.90 bits per heavy atom. The molecule has 0 aliphatic heterocycles. The van der Waals surface area contributed by atoms with Crippen LogP contribution in [-0.2, 0) is 11.4 Å². The van der Waals surface area contributed by atoms with E-state index in [0.717, 1.165) is 17.3 Å². The lowest BCUT2D eigenvalue weighted by Crippen LogP contribution is -2.26. The zero-order valence-corrected chi connectivity index (χ0v) is 18.8. The van der Waals surface area contributed by atoms with Crippen molar-refractivity contribution in [1.29, 1.82) is 0 Å². The van der Waals surface area contributed by atoms with Crippen molar-refractivity contribution in [2.24, 2.45) is 5.92 Å². The highest BCUT2D eigenvalue weighted by Gasteiger charge is 2.25. The topological polar surface area (TPSA) is 88.4 Å². The molecule has 10 heteroatoms. The molecular formula is C21H21BrClFN4O3. The number of aromatic nitrogens is 2. The van der Waals surface area contributed by atoms with Crippen molar-refractivity contribution in [1.82, 2.24) is 15.0 Å². The minimum atomic E-state index is -0.674. The Bertz CT molecular complexity index is 1120. The molecule has 1 heterocycles. The van der Waals surface area contributed by atoms with Gasteiger partial charge in [0.05, 0.1) is 40.4 Å². The van der Waals surface area contributed by atoms with Crippen molar-refractivity contribution < 1.29 is 19.1 Å². The second-order valence-corrected chi connectivity index (χ2v) is 8.75. The van der Waals surface area contributed by atoms with Gasteiger partial charge in [0.2, 0.25) is 0 Å². The summed E-state index contributed by atoms with van der Waals surface area (Å²) in [6.45, 7) is 0.857. The van der Waals surface area contributed by atoms with Crippen molar-refractivity contribution in [2.75, 3.05) is 18.5 Å². The summed E-state index contributed by atoms with van der Waals surface area (Å²) in [5.74, 6) is -0.794.